The van der Waals surface area contributed by atoms with Crippen molar-refractivity contribution in [2.24, 2.45) is 0 Å². The van der Waals surface area contributed by atoms with Crippen molar-refractivity contribution in [3.05, 3.63) is 53.8 Å². The van der Waals surface area contributed by atoms with Crippen LogP contribution in [0.4, 0.5) is 0 Å². The van der Waals surface area contributed by atoms with Gasteiger partial charge >= 0.3 is 0 Å². The van der Waals surface area contributed by atoms with E-state index in [1.807, 2.05) is 43.3 Å². The lowest BCUT2D eigenvalue weighted by molar-refractivity contribution is -0.121. The molecule has 2 aromatic heterocycles. The molecule has 7 nitrogen and oxygen atoms in total. The molecule has 0 spiro atoms. The summed E-state index contributed by atoms with van der Waals surface area (Å²) in [6.45, 7) is 2.23. The summed E-state index contributed by atoms with van der Waals surface area (Å²) in [5.41, 5.74) is 0.827. The Hall–Kier alpha value is -3.09. The van der Waals surface area contributed by atoms with E-state index in [1.165, 1.54) is 0 Å². The molecule has 0 unspecified atom stereocenters. The van der Waals surface area contributed by atoms with E-state index in [0.29, 0.717) is 24.7 Å². The van der Waals surface area contributed by atoms with Crippen LogP contribution < -0.4 is 10.1 Å². The highest BCUT2D eigenvalue weighted by atomic mass is 16.5. The van der Waals surface area contributed by atoms with Gasteiger partial charge in [-0.15, -0.1) is 0 Å². The zero-order chi connectivity index (χ0) is 17.6. The minimum absolute atomic E-state index is 0.0988. The summed E-state index contributed by atoms with van der Waals surface area (Å²) < 4.78 is 15.7. The molecule has 0 atom stereocenters. The second-order valence-electron chi connectivity index (χ2n) is 5.53. The van der Waals surface area contributed by atoms with E-state index in [-0.39, 0.29) is 12.3 Å². The van der Waals surface area contributed by atoms with Crippen LogP contribution >= 0.6 is 0 Å². The van der Waals surface area contributed by atoms with Gasteiger partial charge in [0.1, 0.15) is 17.3 Å². The Morgan fingerprint density at radius 3 is 2.68 bits per heavy atom. The summed E-state index contributed by atoms with van der Waals surface area (Å²) >= 11 is 0. The second kappa shape index (κ2) is 7.65. The van der Waals surface area contributed by atoms with E-state index < -0.39 is 0 Å². The molecule has 1 N–H and O–H groups in total. The highest BCUT2D eigenvalue weighted by molar-refractivity contribution is 5.75. The molecule has 0 aliphatic rings. The summed E-state index contributed by atoms with van der Waals surface area (Å²) in [6.07, 6.45) is 0.649. The molecule has 0 bridgehead atoms. The molecule has 25 heavy (non-hydrogen) atoms. The van der Waals surface area contributed by atoms with Crippen LogP contribution in [0.25, 0.3) is 11.4 Å². The highest BCUT2D eigenvalue weighted by Gasteiger charge is 2.11. The van der Waals surface area contributed by atoms with Crippen LogP contribution in [0.1, 0.15) is 23.8 Å². The predicted molar refractivity (Wildman–Crippen MR) is 89.9 cm³/mol. The summed E-state index contributed by atoms with van der Waals surface area (Å²) in [7, 11) is 1.61. The van der Waals surface area contributed by atoms with Crippen molar-refractivity contribution < 1.29 is 18.5 Å². The first kappa shape index (κ1) is 16.8. The van der Waals surface area contributed by atoms with E-state index in [2.05, 4.69) is 15.5 Å². The third-order valence-corrected chi connectivity index (χ3v) is 3.64. The van der Waals surface area contributed by atoms with Gasteiger partial charge < -0.3 is 19.0 Å². The first-order valence-electron chi connectivity index (χ1n) is 7.93. The maximum Gasteiger partial charge on any atom is 0.227 e. The van der Waals surface area contributed by atoms with Crippen LogP contribution in [0, 0.1) is 6.92 Å². The average molecular weight is 341 g/mol. The first-order valence-corrected chi connectivity index (χ1v) is 7.93. The number of hydrogen-bond donors (Lipinski definition) is 1. The van der Waals surface area contributed by atoms with Gasteiger partial charge in [0, 0.05) is 18.4 Å². The minimum atomic E-state index is -0.0988. The molecule has 3 aromatic rings. The molecular formula is C18H19N3O4. The van der Waals surface area contributed by atoms with E-state index >= 15 is 0 Å². The van der Waals surface area contributed by atoms with Gasteiger partial charge in [-0.3, -0.25) is 4.79 Å². The van der Waals surface area contributed by atoms with E-state index in [4.69, 9.17) is 13.7 Å². The van der Waals surface area contributed by atoms with Gasteiger partial charge in [0.2, 0.25) is 17.6 Å². The second-order valence-corrected chi connectivity index (χ2v) is 5.53. The van der Waals surface area contributed by atoms with Crippen LogP contribution in [0.5, 0.6) is 5.75 Å². The lowest BCUT2D eigenvalue weighted by Crippen LogP contribution is -2.22. The zero-order valence-corrected chi connectivity index (χ0v) is 14.1. The van der Waals surface area contributed by atoms with Gasteiger partial charge in [-0.2, -0.15) is 4.98 Å². The fourth-order valence-corrected chi connectivity index (χ4v) is 2.29. The normalized spacial score (nSPS) is 10.6. The SMILES string of the molecule is COc1ccc(-c2noc(CCC(=O)NCc3ccc(C)o3)n2)cc1. The number of benzene rings is 1. The third-order valence-electron chi connectivity index (χ3n) is 3.64. The lowest BCUT2D eigenvalue weighted by Gasteiger charge is -2.01. The summed E-state index contributed by atoms with van der Waals surface area (Å²) in [6, 6.07) is 11.1. The van der Waals surface area contributed by atoms with Crippen LogP contribution in [0.3, 0.4) is 0 Å². The Kier molecular flexibility index (Phi) is 5.13. The number of ether oxygens (including phenoxy) is 1. The van der Waals surface area contributed by atoms with Gasteiger partial charge in [-0.1, -0.05) is 5.16 Å². The number of aromatic nitrogens is 2. The number of carbonyl (C=O) groups excluding carboxylic acids is 1. The molecule has 0 aliphatic carbocycles. The largest absolute Gasteiger partial charge is 0.497 e. The van der Waals surface area contributed by atoms with E-state index in [9.17, 15) is 4.79 Å². The quantitative estimate of drug-likeness (QED) is 0.710. The van der Waals surface area contributed by atoms with Gasteiger partial charge in [-0.25, -0.2) is 0 Å². The Balaban J connectivity index is 1.50. The maximum absolute atomic E-state index is 11.9. The molecule has 7 heteroatoms. The number of rotatable bonds is 7. The van der Waals surface area contributed by atoms with Crippen molar-refractivity contribution in [1.82, 2.24) is 15.5 Å². The monoisotopic (exact) mass is 341 g/mol. The zero-order valence-electron chi connectivity index (χ0n) is 14.1. The average Bonchev–Trinajstić information content (AvgIpc) is 3.27. The minimum Gasteiger partial charge on any atom is -0.497 e. The van der Waals surface area contributed by atoms with E-state index in [1.54, 1.807) is 7.11 Å². The molecule has 2 heterocycles. The van der Waals surface area contributed by atoms with Crippen molar-refractivity contribution in [2.45, 2.75) is 26.3 Å². The van der Waals surface area contributed by atoms with Crippen molar-refractivity contribution in [3.63, 3.8) is 0 Å². The molecule has 1 aromatic carbocycles. The predicted octanol–water partition coefficient (Wildman–Crippen LogP) is 2.90. The fraction of sp³-hybridized carbons (Fsp3) is 0.278. The summed E-state index contributed by atoms with van der Waals surface area (Å²) in [4.78, 5) is 16.2. The van der Waals surface area contributed by atoms with Crippen molar-refractivity contribution in [2.75, 3.05) is 7.11 Å². The summed E-state index contributed by atoms with van der Waals surface area (Å²) in [5, 5.41) is 6.74. The van der Waals surface area contributed by atoms with E-state index in [0.717, 1.165) is 22.8 Å². The standard InChI is InChI=1S/C18H19N3O4/c1-12-3-6-15(24-12)11-19-16(22)9-10-17-20-18(21-25-17)13-4-7-14(23-2)8-5-13/h3-8H,9-11H2,1-2H3,(H,19,22). The number of carbonyl (C=O) groups is 1. The van der Waals surface area contributed by atoms with Gasteiger partial charge in [0.05, 0.1) is 13.7 Å². The smallest absolute Gasteiger partial charge is 0.227 e. The summed E-state index contributed by atoms with van der Waals surface area (Å²) in [5.74, 6) is 3.12. The number of hydrogen-bond acceptors (Lipinski definition) is 6. The maximum atomic E-state index is 11.9. The number of nitrogens with one attached hydrogen (secondary N) is 1. The fourth-order valence-electron chi connectivity index (χ4n) is 2.29. The molecule has 0 aliphatic heterocycles. The highest BCUT2D eigenvalue weighted by Crippen LogP contribution is 2.20. The number of nitrogens with zero attached hydrogens (tertiary/aromatic N) is 2. The molecule has 3 rings (SSSR count). The van der Waals surface area contributed by atoms with Crippen LogP contribution in [0.15, 0.2) is 45.3 Å². The Morgan fingerprint density at radius 2 is 2.00 bits per heavy atom. The van der Waals surface area contributed by atoms with Crippen LogP contribution in [-0.4, -0.2) is 23.2 Å². The number of furan rings is 1. The van der Waals surface area contributed by atoms with Gasteiger partial charge in [0.15, 0.2) is 0 Å². The molecule has 1 amide bonds. The van der Waals surface area contributed by atoms with Crippen LogP contribution in [0.2, 0.25) is 0 Å². The topological polar surface area (TPSA) is 90.4 Å². The molecule has 0 saturated heterocycles. The molecule has 130 valence electrons. The molecule has 0 radical (unpaired) electrons. The lowest BCUT2D eigenvalue weighted by atomic mass is 10.2. The Labute approximate surface area is 145 Å². The van der Waals surface area contributed by atoms with Gasteiger partial charge in [-0.05, 0) is 43.3 Å². The number of aryl methyl sites for hydroxylation is 2. The van der Waals surface area contributed by atoms with Crippen molar-refractivity contribution in [3.8, 4) is 17.1 Å². The first-order chi connectivity index (χ1) is 12.1. The Bertz CT molecular complexity index is 836. The molecule has 0 fully saturated rings. The molecular weight excluding hydrogens is 322 g/mol. The molecule has 0 saturated carbocycles. The third kappa shape index (κ3) is 4.47. The number of amides is 1. The van der Waals surface area contributed by atoms with Crippen molar-refractivity contribution in [1.29, 1.82) is 0 Å². The Morgan fingerprint density at radius 1 is 1.20 bits per heavy atom. The van der Waals surface area contributed by atoms with Crippen LogP contribution in [-0.2, 0) is 17.8 Å². The number of methoxy groups -OCH3 is 1. The van der Waals surface area contributed by atoms with Gasteiger partial charge in [0.25, 0.3) is 0 Å². The van der Waals surface area contributed by atoms with Crippen molar-refractivity contribution >= 4 is 5.91 Å².